The summed E-state index contributed by atoms with van der Waals surface area (Å²) in [6, 6.07) is 3.10. The van der Waals surface area contributed by atoms with Crippen LogP contribution in [0.15, 0.2) is 12.1 Å². The molecule has 0 aromatic heterocycles. The Hall–Kier alpha value is -2.32. The van der Waals surface area contributed by atoms with E-state index in [0.717, 1.165) is 19.3 Å². The quantitative estimate of drug-likeness (QED) is 0.674. The Kier molecular flexibility index (Phi) is 6.39. The van der Waals surface area contributed by atoms with E-state index in [0.29, 0.717) is 35.8 Å². The van der Waals surface area contributed by atoms with Crippen molar-refractivity contribution in [3.8, 4) is 0 Å². The van der Waals surface area contributed by atoms with Crippen LogP contribution in [0.3, 0.4) is 0 Å². The van der Waals surface area contributed by atoms with Crippen molar-refractivity contribution in [2.75, 3.05) is 6.61 Å². The van der Waals surface area contributed by atoms with E-state index in [-0.39, 0.29) is 43.3 Å². The number of amides is 3. The van der Waals surface area contributed by atoms with Crippen LogP contribution < -0.4 is 10.6 Å². The van der Waals surface area contributed by atoms with E-state index in [1.54, 1.807) is 12.1 Å². The molecule has 1 aromatic carbocycles. The number of fused-ring (bicyclic) bond motifs is 1. The molecule has 3 amide bonds. The van der Waals surface area contributed by atoms with Crippen molar-refractivity contribution in [1.29, 1.82) is 0 Å². The molecule has 3 aliphatic rings. The molecule has 1 aromatic rings. The number of hydrogen-bond donors (Lipinski definition) is 2. The van der Waals surface area contributed by atoms with Gasteiger partial charge in [0, 0.05) is 42.7 Å². The van der Waals surface area contributed by atoms with E-state index in [2.05, 4.69) is 24.5 Å². The summed E-state index contributed by atoms with van der Waals surface area (Å²) in [4.78, 5) is 37.9. The summed E-state index contributed by atoms with van der Waals surface area (Å²) in [6.07, 6.45) is 3.72. The number of benzene rings is 1. The first kappa shape index (κ1) is 21.9. The maximum atomic E-state index is 15.4. The number of rotatable bonds is 6. The van der Waals surface area contributed by atoms with Crippen LogP contribution in [-0.4, -0.2) is 53.5 Å². The summed E-state index contributed by atoms with van der Waals surface area (Å²) in [5, 5.41) is 5.86. The Morgan fingerprint density at radius 1 is 1.29 bits per heavy atom. The monoisotopic (exact) mass is 431 g/mol. The van der Waals surface area contributed by atoms with E-state index < -0.39 is 17.8 Å². The largest absolute Gasteiger partial charge is 0.376 e. The van der Waals surface area contributed by atoms with Gasteiger partial charge >= 0.3 is 0 Å². The van der Waals surface area contributed by atoms with Crippen LogP contribution in [0.4, 0.5) is 4.39 Å². The highest BCUT2D eigenvalue weighted by Gasteiger charge is 2.40. The molecule has 4 atom stereocenters. The average molecular weight is 432 g/mol. The Morgan fingerprint density at radius 2 is 2.10 bits per heavy atom. The van der Waals surface area contributed by atoms with Crippen molar-refractivity contribution in [2.24, 2.45) is 0 Å². The summed E-state index contributed by atoms with van der Waals surface area (Å²) in [5.41, 5.74) is 1.15. The molecule has 31 heavy (non-hydrogen) atoms. The van der Waals surface area contributed by atoms with Gasteiger partial charge in [-0.3, -0.25) is 19.7 Å². The zero-order valence-corrected chi connectivity index (χ0v) is 18.1. The molecule has 0 radical (unpaired) electrons. The maximum Gasteiger partial charge on any atom is 0.255 e. The number of piperidine rings is 1. The maximum absolute atomic E-state index is 15.4. The lowest BCUT2D eigenvalue weighted by atomic mass is 9.93. The smallest absolute Gasteiger partial charge is 0.255 e. The van der Waals surface area contributed by atoms with Gasteiger partial charge in [0.1, 0.15) is 11.9 Å². The van der Waals surface area contributed by atoms with Gasteiger partial charge in [-0.1, -0.05) is 13.0 Å². The van der Waals surface area contributed by atoms with Gasteiger partial charge in [-0.05, 0) is 44.2 Å². The summed E-state index contributed by atoms with van der Waals surface area (Å²) >= 11 is 0. The summed E-state index contributed by atoms with van der Waals surface area (Å²) < 4.78 is 21.4. The molecule has 3 heterocycles. The van der Waals surface area contributed by atoms with Crippen molar-refractivity contribution in [3.63, 3.8) is 0 Å². The molecule has 2 fully saturated rings. The molecule has 2 N–H and O–H groups in total. The summed E-state index contributed by atoms with van der Waals surface area (Å²) in [5.74, 6) is -1.59. The number of imide groups is 1. The van der Waals surface area contributed by atoms with Gasteiger partial charge in [0.05, 0.1) is 12.6 Å². The lowest BCUT2D eigenvalue weighted by molar-refractivity contribution is -0.136. The van der Waals surface area contributed by atoms with Gasteiger partial charge in [0.15, 0.2) is 0 Å². The molecular formula is C23H30FN3O4. The predicted octanol–water partition coefficient (Wildman–Crippen LogP) is 2.06. The van der Waals surface area contributed by atoms with Crippen molar-refractivity contribution < 1.29 is 23.5 Å². The van der Waals surface area contributed by atoms with E-state index in [1.807, 2.05) is 0 Å². The number of nitrogens with zero attached hydrogens (tertiary/aromatic N) is 1. The van der Waals surface area contributed by atoms with Gasteiger partial charge in [0.2, 0.25) is 11.8 Å². The molecule has 0 saturated carbocycles. The molecule has 1 unspecified atom stereocenters. The van der Waals surface area contributed by atoms with Crippen LogP contribution >= 0.6 is 0 Å². The second-order valence-corrected chi connectivity index (χ2v) is 8.80. The molecule has 2 saturated heterocycles. The van der Waals surface area contributed by atoms with E-state index in [4.69, 9.17) is 4.74 Å². The van der Waals surface area contributed by atoms with Gasteiger partial charge in [-0.2, -0.15) is 0 Å². The molecule has 0 bridgehead atoms. The fourth-order valence-corrected chi connectivity index (χ4v) is 4.74. The Balaban J connectivity index is 1.51. The molecule has 4 rings (SSSR count). The fourth-order valence-electron chi connectivity index (χ4n) is 4.74. The topological polar surface area (TPSA) is 87.7 Å². The van der Waals surface area contributed by atoms with Crippen LogP contribution in [0.25, 0.3) is 0 Å². The van der Waals surface area contributed by atoms with Crippen molar-refractivity contribution in [1.82, 2.24) is 15.5 Å². The standard InChI is InChI=1S/C23H30FN3O4/c1-3-13(2)25-17-5-4-10-31-19(17)11-14-6-7-15-16(21(14)24)12-27(23(15)30)18-8-9-20(28)26-22(18)29/h6-7,13,17-19,25H,3-5,8-12H2,1-2H3,(H,26,28,29)/t13-,17+,18?,19-/m1/s1. The lowest BCUT2D eigenvalue weighted by Gasteiger charge is -2.34. The number of carbonyl (C=O) groups is 3. The number of hydrogen-bond acceptors (Lipinski definition) is 5. The minimum absolute atomic E-state index is 0.0419. The molecule has 168 valence electrons. The predicted molar refractivity (Wildman–Crippen MR) is 112 cm³/mol. The SMILES string of the molecule is CC[C@@H](C)N[C@H]1CCCO[C@@H]1Cc1ccc2c(c1F)CN(C1CCC(=O)NC1=O)C2=O. The fraction of sp³-hybridized carbons (Fsp3) is 0.609. The van der Waals surface area contributed by atoms with E-state index in [9.17, 15) is 14.4 Å². The third-order valence-corrected chi connectivity index (χ3v) is 6.70. The second kappa shape index (κ2) is 9.04. The third kappa shape index (κ3) is 4.36. The van der Waals surface area contributed by atoms with Crippen LogP contribution in [0.1, 0.15) is 67.4 Å². The third-order valence-electron chi connectivity index (χ3n) is 6.70. The lowest BCUT2D eigenvalue weighted by Crippen LogP contribution is -2.52. The van der Waals surface area contributed by atoms with E-state index in [1.165, 1.54) is 4.90 Å². The zero-order valence-electron chi connectivity index (χ0n) is 18.1. The minimum Gasteiger partial charge on any atom is -0.376 e. The molecule has 7 nitrogen and oxygen atoms in total. The molecule has 0 spiro atoms. The highest BCUT2D eigenvalue weighted by molar-refractivity contribution is 6.05. The number of ether oxygens (including phenoxy) is 1. The Bertz CT molecular complexity index is 890. The highest BCUT2D eigenvalue weighted by Crippen LogP contribution is 2.32. The molecule has 3 aliphatic heterocycles. The first-order chi connectivity index (χ1) is 14.9. The van der Waals surface area contributed by atoms with Crippen LogP contribution in [0, 0.1) is 5.82 Å². The normalized spacial score (nSPS) is 27.3. The van der Waals surface area contributed by atoms with Gasteiger partial charge in [-0.15, -0.1) is 0 Å². The average Bonchev–Trinajstić information content (AvgIpc) is 3.08. The van der Waals surface area contributed by atoms with Gasteiger partial charge in [-0.25, -0.2) is 4.39 Å². The number of carbonyl (C=O) groups excluding carboxylic acids is 3. The number of halogens is 1. The molecule has 8 heteroatoms. The van der Waals surface area contributed by atoms with Crippen molar-refractivity contribution in [3.05, 3.63) is 34.6 Å². The van der Waals surface area contributed by atoms with E-state index >= 15 is 4.39 Å². The highest BCUT2D eigenvalue weighted by atomic mass is 19.1. The van der Waals surface area contributed by atoms with Gasteiger partial charge in [0.25, 0.3) is 5.91 Å². The summed E-state index contributed by atoms with van der Waals surface area (Å²) in [7, 11) is 0. The van der Waals surface area contributed by atoms with Crippen LogP contribution in [0.2, 0.25) is 0 Å². The molecular weight excluding hydrogens is 401 g/mol. The second-order valence-electron chi connectivity index (χ2n) is 8.80. The minimum atomic E-state index is -0.744. The first-order valence-electron chi connectivity index (χ1n) is 11.2. The Labute approximate surface area is 181 Å². The first-order valence-corrected chi connectivity index (χ1v) is 11.2. The zero-order chi connectivity index (χ0) is 22.1. The van der Waals surface area contributed by atoms with Crippen LogP contribution in [-0.2, 0) is 27.3 Å². The molecule has 0 aliphatic carbocycles. The Morgan fingerprint density at radius 3 is 2.84 bits per heavy atom. The van der Waals surface area contributed by atoms with Gasteiger partial charge < -0.3 is 15.0 Å². The van der Waals surface area contributed by atoms with Crippen LogP contribution in [0.5, 0.6) is 0 Å². The van der Waals surface area contributed by atoms with Crippen molar-refractivity contribution >= 4 is 17.7 Å². The summed E-state index contributed by atoms with van der Waals surface area (Å²) in [6.45, 7) is 4.97. The van der Waals surface area contributed by atoms with Crippen molar-refractivity contribution in [2.45, 2.75) is 83.1 Å². The number of nitrogens with one attached hydrogen (secondary N) is 2.